The predicted molar refractivity (Wildman–Crippen MR) is 72.8 cm³/mol. The van der Waals surface area contributed by atoms with Crippen LogP contribution in [-0.4, -0.2) is 15.7 Å². The Bertz CT molecular complexity index is 551. The summed E-state index contributed by atoms with van der Waals surface area (Å²) >= 11 is 7.39. The third-order valence-corrected chi connectivity index (χ3v) is 3.53. The third-order valence-electron chi connectivity index (χ3n) is 2.42. The number of primary amides is 1. The van der Waals surface area contributed by atoms with Crippen LogP contribution >= 0.6 is 22.9 Å². The van der Waals surface area contributed by atoms with Gasteiger partial charge in [0.15, 0.2) is 0 Å². The van der Waals surface area contributed by atoms with Gasteiger partial charge in [0.25, 0.3) is 0 Å². The van der Waals surface area contributed by atoms with Gasteiger partial charge in [0.1, 0.15) is 6.54 Å². The molecule has 7 heteroatoms. The van der Waals surface area contributed by atoms with Crippen molar-refractivity contribution in [2.45, 2.75) is 19.5 Å². The fraction of sp³-hybridized carbons (Fsp3) is 0.273. The van der Waals surface area contributed by atoms with Gasteiger partial charge in [-0.15, -0.1) is 11.3 Å². The molecule has 2 rings (SSSR count). The fourth-order valence-electron chi connectivity index (χ4n) is 1.57. The van der Waals surface area contributed by atoms with Gasteiger partial charge in [0.05, 0.1) is 16.2 Å². The van der Waals surface area contributed by atoms with E-state index in [1.807, 2.05) is 18.4 Å². The van der Waals surface area contributed by atoms with Gasteiger partial charge in [-0.2, -0.15) is 5.10 Å². The highest BCUT2D eigenvalue weighted by atomic mass is 35.5. The van der Waals surface area contributed by atoms with Crippen molar-refractivity contribution in [3.8, 4) is 0 Å². The first-order valence-corrected chi connectivity index (χ1v) is 6.61. The maximum Gasteiger partial charge on any atom is 0.239 e. The van der Waals surface area contributed by atoms with Gasteiger partial charge in [-0.3, -0.25) is 9.48 Å². The number of halogens is 1. The lowest BCUT2D eigenvalue weighted by Gasteiger charge is -2.11. The molecule has 0 aliphatic carbocycles. The number of amides is 1. The second-order valence-electron chi connectivity index (χ2n) is 3.94. The van der Waals surface area contributed by atoms with Gasteiger partial charge in [0.2, 0.25) is 5.91 Å². The first kappa shape index (κ1) is 12.9. The number of anilines is 1. The van der Waals surface area contributed by atoms with Crippen molar-refractivity contribution in [3.63, 3.8) is 0 Å². The van der Waals surface area contributed by atoms with Crippen LogP contribution < -0.4 is 11.1 Å². The standard InChI is InChI=1S/C11H13ClN4OS/c1-7(8-2-10(12)18-6-8)15-9-3-14-16(4-9)5-11(13)17/h2-4,6-7,15H,5H2,1H3,(H2,13,17). The minimum absolute atomic E-state index is 0.0837. The summed E-state index contributed by atoms with van der Waals surface area (Å²) in [6, 6.07) is 2.05. The number of aromatic nitrogens is 2. The molecule has 2 heterocycles. The average molecular weight is 285 g/mol. The Balaban J connectivity index is 2.00. The SMILES string of the molecule is CC(Nc1cnn(CC(N)=O)c1)c1csc(Cl)c1. The topological polar surface area (TPSA) is 72.9 Å². The lowest BCUT2D eigenvalue weighted by Crippen LogP contribution is -2.18. The zero-order chi connectivity index (χ0) is 13.1. The van der Waals surface area contributed by atoms with Crippen LogP contribution in [-0.2, 0) is 11.3 Å². The van der Waals surface area contributed by atoms with E-state index in [0.29, 0.717) is 0 Å². The molecule has 1 atom stereocenters. The highest BCUT2D eigenvalue weighted by molar-refractivity contribution is 7.14. The number of rotatable bonds is 5. The van der Waals surface area contributed by atoms with Gasteiger partial charge < -0.3 is 11.1 Å². The van der Waals surface area contributed by atoms with Crippen LogP contribution in [0.15, 0.2) is 23.8 Å². The van der Waals surface area contributed by atoms with Gasteiger partial charge in [0, 0.05) is 12.2 Å². The van der Waals surface area contributed by atoms with E-state index in [1.165, 1.54) is 16.0 Å². The Labute approximate surface area is 114 Å². The molecule has 1 amide bonds. The molecule has 5 nitrogen and oxygen atoms in total. The van der Waals surface area contributed by atoms with E-state index < -0.39 is 5.91 Å². The summed E-state index contributed by atoms with van der Waals surface area (Å²) in [5.74, 6) is -0.415. The molecule has 0 aliphatic rings. The van der Waals surface area contributed by atoms with Gasteiger partial charge in [-0.25, -0.2) is 0 Å². The molecule has 2 aromatic heterocycles. The van der Waals surface area contributed by atoms with Gasteiger partial charge in [-0.1, -0.05) is 11.6 Å². The largest absolute Gasteiger partial charge is 0.376 e. The number of thiophene rings is 1. The molecular weight excluding hydrogens is 272 g/mol. The van der Waals surface area contributed by atoms with E-state index in [1.54, 1.807) is 12.4 Å². The summed E-state index contributed by atoms with van der Waals surface area (Å²) < 4.78 is 2.26. The normalized spacial score (nSPS) is 12.3. The Morgan fingerprint density at radius 1 is 1.72 bits per heavy atom. The summed E-state index contributed by atoms with van der Waals surface area (Å²) in [5.41, 5.74) is 7.05. The Morgan fingerprint density at radius 3 is 3.11 bits per heavy atom. The van der Waals surface area contributed by atoms with Crippen molar-refractivity contribution < 1.29 is 4.79 Å². The molecule has 1 unspecified atom stereocenters. The van der Waals surface area contributed by atoms with E-state index in [0.717, 1.165) is 15.6 Å². The zero-order valence-corrected chi connectivity index (χ0v) is 11.3. The highest BCUT2D eigenvalue weighted by Gasteiger charge is 2.09. The lowest BCUT2D eigenvalue weighted by molar-refractivity contribution is -0.118. The molecule has 0 bridgehead atoms. The number of carbonyl (C=O) groups is 1. The Kier molecular flexibility index (Phi) is 3.88. The minimum Gasteiger partial charge on any atom is -0.376 e. The molecule has 2 aromatic rings. The number of nitrogens with two attached hydrogens (primary N) is 1. The van der Waals surface area contributed by atoms with Crippen LogP contribution in [0.25, 0.3) is 0 Å². The van der Waals surface area contributed by atoms with Crippen LogP contribution in [0.2, 0.25) is 4.34 Å². The number of carbonyl (C=O) groups excluding carboxylic acids is 1. The van der Waals surface area contributed by atoms with Crippen molar-refractivity contribution in [1.29, 1.82) is 0 Å². The summed E-state index contributed by atoms with van der Waals surface area (Å²) in [5, 5.41) is 9.32. The van der Waals surface area contributed by atoms with E-state index in [2.05, 4.69) is 10.4 Å². The van der Waals surface area contributed by atoms with Crippen molar-refractivity contribution in [2.24, 2.45) is 5.73 Å². The first-order chi connectivity index (χ1) is 8.54. The molecule has 0 saturated carbocycles. The molecule has 0 saturated heterocycles. The molecular formula is C11H13ClN4OS. The van der Waals surface area contributed by atoms with Crippen LogP contribution in [0.5, 0.6) is 0 Å². The maximum atomic E-state index is 10.8. The number of hydrogen-bond acceptors (Lipinski definition) is 4. The maximum absolute atomic E-state index is 10.8. The number of nitrogens with zero attached hydrogens (tertiary/aromatic N) is 2. The molecule has 0 aromatic carbocycles. The lowest BCUT2D eigenvalue weighted by atomic mass is 10.2. The van der Waals surface area contributed by atoms with Gasteiger partial charge >= 0.3 is 0 Å². The highest BCUT2D eigenvalue weighted by Crippen LogP contribution is 2.26. The molecule has 0 radical (unpaired) electrons. The van der Waals surface area contributed by atoms with Crippen LogP contribution in [0.1, 0.15) is 18.5 Å². The molecule has 3 N–H and O–H groups in total. The summed E-state index contributed by atoms with van der Waals surface area (Å²) in [6.07, 6.45) is 3.41. The molecule has 18 heavy (non-hydrogen) atoms. The van der Waals surface area contributed by atoms with Crippen molar-refractivity contribution in [2.75, 3.05) is 5.32 Å². The predicted octanol–water partition coefficient (Wildman–Crippen LogP) is 2.26. The third kappa shape index (κ3) is 3.24. The second-order valence-corrected chi connectivity index (χ2v) is 5.49. The monoisotopic (exact) mass is 284 g/mol. The average Bonchev–Trinajstić information content (AvgIpc) is 2.87. The minimum atomic E-state index is -0.415. The van der Waals surface area contributed by atoms with Crippen molar-refractivity contribution >= 4 is 34.5 Å². The van der Waals surface area contributed by atoms with E-state index in [4.69, 9.17) is 17.3 Å². The van der Waals surface area contributed by atoms with Crippen LogP contribution in [0.4, 0.5) is 5.69 Å². The summed E-state index contributed by atoms with van der Waals surface area (Å²) in [6.45, 7) is 2.12. The quantitative estimate of drug-likeness (QED) is 0.884. The van der Waals surface area contributed by atoms with Crippen molar-refractivity contribution in [1.82, 2.24) is 9.78 Å². The van der Waals surface area contributed by atoms with Crippen LogP contribution in [0, 0.1) is 0 Å². The Hall–Kier alpha value is -1.53. The summed E-state index contributed by atoms with van der Waals surface area (Å²) in [7, 11) is 0. The van der Waals surface area contributed by atoms with E-state index in [9.17, 15) is 4.79 Å². The van der Waals surface area contributed by atoms with Crippen LogP contribution in [0.3, 0.4) is 0 Å². The molecule has 0 spiro atoms. The number of nitrogens with one attached hydrogen (secondary N) is 1. The fourth-order valence-corrected chi connectivity index (χ4v) is 2.55. The molecule has 96 valence electrons. The van der Waals surface area contributed by atoms with Gasteiger partial charge in [-0.05, 0) is 23.9 Å². The van der Waals surface area contributed by atoms with E-state index >= 15 is 0 Å². The first-order valence-electron chi connectivity index (χ1n) is 5.36. The molecule has 0 fully saturated rings. The molecule has 0 aliphatic heterocycles. The summed E-state index contributed by atoms with van der Waals surface area (Å²) in [4.78, 5) is 10.8. The van der Waals surface area contributed by atoms with E-state index in [-0.39, 0.29) is 12.6 Å². The smallest absolute Gasteiger partial charge is 0.239 e. The zero-order valence-electron chi connectivity index (χ0n) is 9.76. The Morgan fingerprint density at radius 2 is 2.50 bits per heavy atom. The van der Waals surface area contributed by atoms with Crippen molar-refractivity contribution in [3.05, 3.63) is 33.7 Å². The number of hydrogen-bond donors (Lipinski definition) is 2. The second kappa shape index (κ2) is 5.41.